The maximum absolute atomic E-state index is 12.4. The first-order valence-electron chi connectivity index (χ1n) is 10.8. The number of rotatable bonds is 7. The van der Waals surface area contributed by atoms with E-state index in [2.05, 4.69) is 20.9 Å². The van der Waals surface area contributed by atoms with Crippen LogP contribution in [0.1, 0.15) is 77.0 Å². The predicted octanol–water partition coefficient (Wildman–Crippen LogP) is 2.95. The normalized spacial score (nSPS) is 25.4. The van der Waals surface area contributed by atoms with E-state index in [1.165, 1.54) is 32.1 Å². The Balaban J connectivity index is 0.00000261. The van der Waals surface area contributed by atoms with E-state index in [9.17, 15) is 9.59 Å². The number of urea groups is 1. The molecule has 2 saturated heterocycles. The molecule has 2 unspecified atom stereocenters. The summed E-state index contributed by atoms with van der Waals surface area (Å²) in [5.74, 6) is 0.308. The van der Waals surface area contributed by atoms with Crippen molar-refractivity contribution < 1.29 is 9.59 Å². The van der Waals surface area contributed by atoms with E-state index in [-0.39, 0.29) is 18.4 Å². The second-order valence-corrected chi connectivity index (χ2v) is 8.31. The molecule has 0 aromatic carbocycles. The highest BCUT2D eigenvalue weighted by Gasteiger charge is 2.30. The highest BCUT2D eigenvalue weighted by molar-refractivity contribution is 5.85. The van der Waals surface area contributed by atoms with Gasteiger partial charge in [0.15, 0.2) is 0 Å². The van der Waals surface area contributed by atoms with Crippen LogP contribution < -0.4 is 16.0 Å². The minimum atomic E-state index is -0.0277. The molecule has 2 bridgehead atoms. The Labute approximate surface area is 170 Å². The summed E-state index contributed by atoms with van der Waals surface area (Å²) in [6.45, 7) is 2.50. The lowest BCUT2D eigenvalue weighted by Crippen LogP contribution is -2.43. The molecule has 1 aliphatic carbocycles. The average molecular weight is 401 g/mol. The number of nitrogens with zero attached hydrogens (tertiary/aromatic N) is 1. The fourth-order valence-corrected chi connectivity index (χ4v) is 4.59. The van der Waals surface area contributed by atoms with Gasteiger partial charge in [0.05, 0.1) is 0 Å². The van der Waals surface area contributed by atoms with E-state index in [0.717, 1.165) is 51.6 Å². The van der Waals surface area contributed by atoms with Gasteiger partial charge in [-0.05, 0) is 44.9 Å². The molecule has 2 aliphatic heterocycles. The van der Waals surface area contributed by atoms with Crippen LogP contribution in [-0.2, 0) is 4.79 Å². The summed E-state index contributed by atoms with van der Waals surface area (Å²) < 4.78 is 0. The summed E-state index contributed by atoms with van der Waals surface area (Å²) in [4.78, 5) is 26.3. The van der Waals surface area contributed by atoms with Gasteiger partial charge in [-0.2, -0.15) is 0 Å². The van der Waals surface area contributed by atoms with Gasteiger partial charge in [0.1, 0.15) is 0 Å². The summed E-state index contributed by atoms with van der Waals surface area (Å²) in [7, 11) is 0. The summed E-state index contributed by atoms with van der Waals surface area (Å²) >= 11 is 0. The van der Waals surface area contributed by atoms with Crippen LogP contribution in [0.15, 0.2) is 0 Å². The number of carbonyl (C=O) groups is 2. The molecule has 3 N–H and O–H groups in total. The van der Waals surface area contributed by atoms with Crippen molar-refractivity contribution >= 4 is 24.3 Å². The zero-order chi connectivity index (χ0) is 18.2. The largest absolute Gasteiger partial charge is 0.341 e. The van der Waals surface area contributed by atoms with E-state index in [4.69, 9.17) is 0 Å². The van der Waals surface area contributed by atoms with E-state index >= 15 is 0 Å². The standard InChI is InChI=1S/C20H36N4O2.ClH/c25-19(24-14-12-17-10-11-18(15-24)22-17)9-5-2-6-13-21-20(26)23-16-7-3-1-4-8-16;/h16-18,22H,1-15H2,(H2,21,23,26);1H. The van der Waals surface area contributed by atoms with Gasteiger partial charge in [0, 0.05) is 44.2 Å². The monoisotopic (exact) mass is 400 g/mol. The van der Waals surface area contributed by atoms with E-state index < -0.39 is 0 Å². The lowest BCUT2D eigenvalue weighted by molar-refractivity contribution is -0.131. The second-order valence-electron chi connectivity index (χ2n) is 8.31. The number of hydrogen-bond donors (Lipinski definition) is 3. The van der Waals surface area contributed by atoms with E-state index in [0.29, 0.717) is 37.0 Å². The SMILES string of the molecule is Cl.O=C(NCCCCCC(=O)N1CCC2CCC(C1)N2)NC1CCCCC1. The minimum Gasteiger partial charge on any atom is -0.341 e. The van der Waals surface area contributed by atoms with Crippen molar-refractivity contribution in [2.45, 2.75) is 95.2 Å². The van der Waals surface area contributed by atoms with Gasteiger partial charge in [-0.3, -0.25) is 4.79 Å². The molecule has 2 heterocycles. The zero-order valence-electron chi connectivity index (χ0n) is 16.5. The first-order chi connectivity index (χ1) is 12.7. The molecule has 0 aromatic heterocycles. The molecule has 6 nitrogen and oxygen atoms in total. The molecule has 1 saturated carbocycles. The average Bonchev–Trinajstić information content (AvgIpc) is 2.97. The fourth-order valence-electron chi connectivity index (χ4n) is 4.59. The Morgan fingerprint density at radius 2 is 1.70 bits per heavy atom. The molecule has 3 aliphatic rings. The summed E-state index contributed by atoms with van der Waals surface area (Å²) in [5.41, 5.74) is 0. The predicted molar refractivity (Wildman–Crippen MR) is 110 cm³/mol. The smallest absolute Gasteiger partial charge is 0.315 e. The molecule has 3 amide bonds. The number of likely N-dealkylation sites (tertiary alicyclic amines) is 1. The number of hydrogen-bond acceptors (Lipinski definition) is 3. The Morgan fingerprint density at radius 1 is 0.926 bits per heavy atom. The number of unbranched alkanes of at least 4 members (excludes halogenated alkanes) is 2. The third-order valence-electron chi connectivity index (χ3n) is 6.17. The Morgan fingerprint density at radius 3 is 2.52 bits per heavy atom. The van der Waals surface area contributed by atoms with Crippen LogP contribution in [0.4, 0.5) is 4.79 Å². The van der Waals surface area contributed by atoms with Crippen LogP contribution in [0.25, 0.3) is 0 Å². The number of fused-ring (bicyclic) bond motifs is 2. The van der Waals surface area contributed by atoms with Crippen LogP contribution in [0.2, 0.25) is 0 Å². The Hall–Kier alpha value is -1.01. The van der Waals surface area contributed by atoms with Gasteiger partial charge >= 0.3 is 6.03 Å². The first kappa shape index (κ1) is 22.3. The molecular weight excluding hydrogens is 364 g/mol. The van der Waals surface area contributed by atoms with Crippen molar-refractivity contribution in [1.82, 2.24) is 20.9 Å². The second kappa shape index (κ2) is 11.7. The van der Waals surface area contributed by atoms with Crippen LogP contribution in [0.3, 0.4) is 0 Å². The van der Waals surface area contributed by atoms with E-state index in [1.54, 1.807) is 0 Å². The van der Waals surface area contributed by atoms with Crippen molar-refractivity contribution in [3.05, 3.63) is 0 Å². The fraction of sp³-hybridized carbons (Fsp3) is 0.900. The maximum Gasteiger partial charge on any atom is 0.315 e. The van der Waals surface area contributed by atoms with Gasteiger partial charge in [0.2, 0.25) is 5.91 Å². The molecule has 27 heavy (non-hydrogen) atoms. The van der Waals surface area contributed by atoms with Gasteiger partial charge in [-0.25, -0.2) is 4.79 Å². The third-order valence-corrected chi connectivity index (χ3v) is 6.17. The molecular formula is C20H37ClN4O2. The number of amides is 3. The van der Waals surface area contributed by atoms with Crippen LogP contribution >= 0.6 is 12.4 Å². The van der Waals surface area contributed by atoms with Crippen molar-refractivity contribution in [2.75, 3.05) is 19.6 Å². The maximum atomic E-state index is 12.4. The van der Waals surface area contributed by atoms with Crippen molar-refractivity contribution in [3.63, 3.8) is 0 Å². The minimum absolute atomic E-state index is 0. The third kappa shape index (κ3) is 7.49. The molecule has 2 atom stereocenters. The van der Waals surface area contributed by atoms with Crippen molar-refractivity contribution in [3.8, 4) is 0 Å². The highest BCUT2D eigenvalue weighted by atomic mass is 35.5. The zero-order valence-corrected chi connectivity index (χ0v) is 17.3. The molecule has 3 fully saturated rings. The lowest BCUT2D eigenvalue weighted by atomic mass is 9.96. The van der Waals surface area contributed by atoms with Crippen LogP contribution in [-0.4, -0.2) is 54.6 Å². The van der Waals surface area contributed by atoms with Crippen molar-refractivity contribution in [2.24, 2.45) is 0 Å². The lowest BCUT2D eigenvalue weighted by Gasteiger charge is -2.24. The topological polar surface area (TPSA) is 73.5 Å². The van der Waals surface area contributed by atoms with Crippen molar-refractivity contribution in [1.29, 1.82) is 0 Å². The number of nitrogens with one attached hydrogen (secondary N) is 3. The molecule has 3 rings (SSSR count). The summed E-state index contributed by atoms with van der Waals surface area (Å²) in [5, 5.41) is 9.65. The van der Waals surface area contributed by atoms with Crippen LogP contribution in [0, 0.1) is 0 Å². The van der Waals surface area contributed by atoms with Crippen LogP contribution in [0.5, 0.6) is 0 Å². The summed E-state index contributed by atoms with van der Waals surface area (Å²) in [6, 6.07) is 1.47. The Kier molecular flexibility index (Phi) is 9.69. The molecule has 0 radical (unpaired) electrons. The van der Waals surface area contributed by atoms with E-state index in [1.807, 2.05) is 0 Å². The number of carbonyl (C=O) groups excluding carboxylic acids is 2. The molecule has 156 valence electrons. The molecule has 0 aromatic rings. The summed E-state index contributed by atoms with van der Waals surface area (Å²) in [6.07, 6.45) is 13.1. The van der Waals surface area contributed by atoms with Gasteiger partial charge in [0.25, 0.3) is 0 Å². The van der Waals surface area contributed by atoms with Gasteiger partial charge < -0.3 is 20.9 Å². The molecule has 7 heteroatoms. The first-order valence-corrected chi connectivity index (χ1v) is 10.8. The number of halogens is 1. The van der Waals surface area contributed by atoms with Gasteiger partial charge in [-0.1, -0.05) is 25.7 Å². The quantitative estimate of drug-likeness (QED) is 0.575. The molecule has 0 spiro atoms. The highest BCUT2D eigenvalue weighted by Crippen LogP contribution is 2.21. The van der Waals surface area contributed by atoms with Gasteiger partial charge in [-0.15, -0.1) is 12.4 Å². The Bertz CT molecular complexity index is 471.